The Morgan fingerprint density at radius 1 is 1.39 bits per heavy atom. The normalized spacial score (nSPS) is 13.1. The molecule has 23 heavy (non-hydrogen) atoms. The van der Waals surface area contributed by atoms with Crippen molar-refractivity contribution >= 4 is 17.3 Å². The van der Waals surface area contributed by atoms with Gasteiger partial charge in [0.25, 0.3) is 0 Å². The number of hydrogen-bond donors (Lipinski definition) is 2. The summed E-state index contributed by atoms with van der Waals surface area (Å²) in [6, 6.07) is 4.29. The molecular formula is C17H26N4OS. The lowest BCUT2D eigenvalue weighted by Gasteiger charge is -2.15. The number of nitrogens with one attached hydrogen (secondary N) is 2. The van der Waals surface area contributed by atoms with Crippen LogP contribution in [0.15, 0.2) is 26.9 Å². The number of aromatic nitrogens is 1. The summed E-state index contributed by atoms with van der Waals surface area (Å²) >= 11 is 1.81. The fourth-order valence-corrected chi connectivity index (χ4v) is 3.08. The topological polar surface area (TPSA) is 62.5 Å². The molecular weight excluding hydrogens is 308 g/mol. The zero-order chi connectivity index (χ0) is 16.7. The molecule has 6 heteroatoms. The first-order chi connectivity index (χ1) is 11.1. The molecule has 2 rings (SSSR count). The highest BCUT2D eigenvalue weighted by atomic mass is 32.1. The van der Waals surface area contributed by atoms with E-state index in [1.807, 2.05) is 25.2 Å². The lowest BCUT2D eigenvalue weighted by Crippen LogP contribution is -2.39. The van der Waals surface area contributed by atoms with Gasteiger partial charge in [-0.05, 0) is 44.6 Å². The van der Waals surface area contributed by atoms with Crippen LogP contribution >= 0.6 is 11.3 Å². The maximum atomic E-state index is 5.57. The highest BCUT2D eigenvalue weighted by Gasteiger charge is 2.08. The van der Waals surface area contributed by atoms with E-state index in [0.29, 0.717) is 18.4 Å². The standard InChI is InChI=1S/C17H26N4OS/c1-5-18-17(20-11-16-21-13(3)14(4)22-16)19-10-12(2)9-15-7-6-8-23-15/h6-8,12H,5,9-11H2,1-4H3,(H2,18,19,20). The average molecular weight is 334 g/mol. The van der Waals surface area contributed by atoms with E-state index < -0.39 is 0 Å². The molecule has 2 aromatic rings. The summed E-state index contributed by atoms with van der Waals surface area (Å²) < 4.78 is 5.57. The predicted molar refractivity (Wildman–Crippen MR) is 96.0 cm³/mol. The van der Waals surface area contributed by atoms with Crippen LogP contribution < -0.4 is 10.6 Å². The number of oxazole rings is 1. The SMILES string of the molecule is CCNC(=NCc1nc(C)c(C)o1)NCC(C)Cc1cccs1. The van der Waals surface area contributed by atoms with Crippen molar-refractivity contribution in [1.29, 1.82) is 0 Å². The molecule has 0 spiro atoms. The number of nitrogens with zero attached hydrogens (tertiary/aromatic N) is 2. The van der Waals surface area contributed by atoms with Crippen LogP contribution in [0.5, 0.6) is 0 Å². The number of aliphatic imine (C=N–C) groups is 1. The lowest BCUT2D eigenvalue weighted by molar-refractivity contribution is 0.472. The van der Waals surface area contributed by atoms with E-state index in [9.17, 15) is 0 Å². The van der Waals surface area contributed by atoms with Gasteiger partial charge in [-0.15, -0.1) is 11.3 Å². The summed E-state index contributed by atoms with van der Waals surface area (Å²) in [6.45, 7) is 10.3. The molecule has 1 atom stereocenters. The summed E-state index contributed by atoms with van der Waals surface area (Å²) in [6.07, 6.45) is 1.09. The zero-order valence-electron chi connectivity index (χ0n) is 14.3. The zero-order valence-corrected chi connectivity index (χ0v) is 15.2. The van der Waals surface area contributed by atoms with E-state index in [1.54, 1.807) is 0 Å². The Morgan fingerprint density at radius 3 is 2.83 bits per heavy atom. The first-order valence-electron chi connectivity index (χ1n) is 8.06. The van der Waals surface area contributed by atoms with Crippen molar-refractivity contribution in [2.24, 2.45) is 10.9 Å². The Bertz CT molecular complexity index is 599. The first-order valence-corrected chi connectivity index (χ1v) is 8.94. The van der Waals surface area contributed by atoms with Gasteiger partial charge in [0.15, 0.2) is 5.96 Å². The summed E-state index contributed by atoms with van der Waals surface area (Å²) in [7, 11) is 0. The molecule has 0 saturated heterocycles. The largest absolute Gasteiger partial charge is 0.444 e. The van der Waals surface area contributed by atoms with Gasteiger partial charge in [0.2, 0.25) is 5.89 Å². The van der Waals surface area contributed by atoms with Gasteiger partial charge in [-0.3, -0.25) is 0 Å². The average Bonchev–Trinajstić information content (AvgIpc) is 3.12. The minimum atomic E-state index is 0.448. The molecule has 0 aliphatic rings. The van der Waals surface area contributed by atoms with Gasteiger partial charge in [0.05, 0.1) is 5.69 Å². The second-order valence-corrected chi connectivity index (χ2v) is 6.75. The quantitative estimate of drug-likeness (QED) is 0.602. The van der Waals surface area contributed by atoms with Gasteiger partial charge < -0.3 is 15.1 Å². The third kappa shape index (κ3) is 5.71. The Morgan fingerprint density at radius 2 is 2.22 bits per heavy atom. The van der Waals surface area contributed by atoms with Gasteiger partial charge in [-0.2, -0.15) is 0 Å². The van der Waals surface area contributed by atoms with Crippen LogP contribution in [0.1, 0.15) is 36.1 Å². The minimum absolute atomic E-state index is 0.448. The maximum absolute atomic E-state index is 5.57. The molecule has 2 N–H and O–H groups in total. The molecule has 5 nitrogen and oxygen atoms in total. The summed E-state index contributed by atoms with van der Waals surface area (Å²) in [5.74, 6) is 2.87. The second-order valence-electron chi connectivity index (χ2n) is 5.71. The van der Waals surface area contributed by atoms with Crippen LogP contribution in [0.3, 0.4) is 0 Å². The molecule has 0 aromatic carbocycles. The Labute approximate surface area is 142 Å². The third-order valence-electron chi connectivity index (χ3n) is 3.54. The van der Waals surface area contributed by atoms with E-state index in [1.165, 1.54) is 4.88 Å². The third-order valence-corrected chi connectivity index (χ3v) is 4.44. The lowest BCUT2D eigenvalue weighted by atomic mass is 10.1. The van der Waals surface area contributed by atoms with E-state index >= 15 is 0 Å². The van der Waals surface area contributed by atoms with Gasteiger partial charge in [-0.1, -0.05) is 13.0 Å². The highest BCUT2D eigenvalue weighted by Crippen LogP contribution is 2.13. The number of thiophene rings is 1. The van der Waals surface area contributed by atoms with Gasteiger partial charge in [0.1, 0.15) is 12.3 Å². The van der Waals surface area contributed by atoms with Crippen LogP contribution in [0.25, 0.3) is 0 Å². The molecule has 0 fully saturated rings. The summed E-state index contributed by atoms with van der Waals surface area (Å²) in [5, 5.41) is 8.79. The van der Waals surface area contributed by atoms with Gasteiger partial charge in [-0.25, -0.2) is 9.98 Å². The van der Waals surface area contributed by atoms with Crippen molar-refractivity contribution < 1.29 is 4.42 Å². The monoisotopic (exact) mass is 334 g/mol. The van der Waals surface area contributed by atoms with Gasteiger partial charge >= 0.3 is 0 Å². The fraction of sp³-hybridized carbons (Fsp3) is 0.529. The van der Waals surface area contributed by atoms with Crippen molar-refractivity contribution in [3.05, 3.63) is 39.7 Å². The number of rotatable bonds is 7. The summed E-state index contributed by atoms with van der Waals surface area (Å²) in [4.78, 5) is 10.3. The van der Waals surface area contributed by atoms with Crippen LogP contribution in [0.4, 0.5) is 0 Å². The molecule has 2 aromatic heterocycles. The van der Waals surface area contributed by atoms with E-state index in [2.05, 4.69) is 52.0 Å². The minimum Gasteiger partial charge on any atom is -0.444 e. The number of guanidine groups is 1. The van der Waals surface area contributed by atoms with E-state index in [0.717, 1.165) is 36.9 Å². The number of hydrogen-bond acceptors (Lipinski definition) is 4. The molecule has 1 unspecified atom stereocenters. The maximum Gasteiger partial charge on any atom is 0.216 e. The molecule has 0 saturated carbocycles. The Balaban J connectivity index is 1.85. The van der Waals surface area contributed by atoms with Crippen LogP contribution in [-0.4, -0.2) is 24.0 Å². The van der Waals surface area contributed by atoms with Crippen LogP contribution in [0, 0.1) is 19.8 Å². The molecule has 2 heterocycles. The molecule has 0 amide bonds. The predicted octanol–water partition coefficient (Wildman–Crippen LogP) is 3.29. The smallest absolute Gasteiger partial charge is 0.216 e. The first kappa shape index (κ1) is 17.5. The van der Waals surface area contributed by atoms with Crippen molar-refractivity contribution in [2.45, 2.75) is 40.7 Å². The summed E-state index contributed by atoms with van der Waals surface area (Å²) in [5.41, 5.74) is 0.928. The molecule has 0 bridgehead atoms. The van der Waals surface area contributed by atoms with Crippen molar-refractivity contribution in [2.75, 3.05) is 13.1 Å². The molecule has 0 aliphatic heterocycles. The van der Waals surface area contributed by atoms with Crippen molar-refractivity contribution in [1.82, 2.24) is 15.6 Å². The molecule has 0 aliphatic carbocycles. The Hall–Kier alpha value is -1.82. The number of aryl methyl sites for hydroxylation is 2. The van der Waals surface area contributed by atoms with Crippen molar-refractivity contribution in [3.63, 3.8) is 0 Å². The fourth-order valence-electron chi connectivity index (χ4n) is 2.21. The van der Waals surface area contributed by atoms with Crippen LogP contribution in [0.2, 0.25) is 0 Å². The second kappa shape index (κ2) is 8.72. The van der Waals surface area contributed by atoms with E-state index in [-0.39, 0.29) is 0 Å². The van der Waals surface area contributed by atoms with Crippen molar-refractivity contribution in [3.8, 4) is 0 Å². The highest BCUT2D eigenvalue weighted by molar-refractivity contribution is 7.09. The molecule has 126 valence electrons. The Kier molecular flexibility index (Phi) is 6.65. The van der Waals surface area contributed by atoms with E-state index in [4.69, 9.17) is 4.42 Å². The van der Waals surface area contributed by atoms with Gasteiger partial charge in [0, 0.05) is 18.0 Å². The van der Waals surface area contributed by atoms with Crippen LogP contribution in [-0.2, 0) is 13.0 Å². The molecule has 0 radical (unpaired) electrons.